The summed E-state index contributed by atoms with van der Waals surface area (Å²) in [6.45, 7) is 1.87. The Hall–Kier alpha value is -2.13. The lowest BCUT2D eigenvalue weighted by Crippen LogP contribution is -2.51. The number of nitrogens with one attached hydrogen (secondary N) is 1. The Balaban J connectivity index is 1.87. The minimum Gasteiger partial charge on any atom is -0.482 e. The molecule has 1 fully saturated rings. The highest BCUT2D eigenvalue weighted by molar-refractivity contribution is 9.10. The third-order valence-corrected chi connectivity index (χ3v) is 4.41. The van der Waals surface area contributed by atoms with Gasteiger partial charge < -0.3 is 24.8 Å². The fourth-order valence-corrected chi connectivity index (χ4v) is 3.20. The lowest BCUT2D eigenvalue weighted by molar-refractivity contribution is -0.160. The first-order valence-corrected chi connectivity index (χ1v) is 8.08. The van der Waals surface area contributed by atoms with E-state index in [0.29, 0.717) is 28.0 Å². The fraction of sp³-hybridized carbons (Fsp3) is 0.400. The number of hydrogen-bond acceptors (Lipinski definition) is 5. The van der Waals surface area contributed by atoms with Crippen LogP contribution in [0.5, 0.6) is 5.75 Å². The predicted octanol–water partition coefficient (Wildman–Crippen LogP) is 1.09. The first-order valence-electron chi connectivity index (χ1n) is 7.29. The number of benzene rings is 1. The summed E-state index contributed by atoms with van der Waals surface area (Å²) in [6, 6.07) is 3.13. The third-order valence-electron chi connectivity index (χ3n) is 3.76. The Morgan fingerprint density at radius 3 is 2.83 bits per heavy atom. The number of fused-ring (bicyclic) bond motifs is 1. The number of nitrogens with zero attached hydrogens (tertiary/aromatic N) is 1. The molecule has 1 aromatic rings. The van der Waals surface area contributed by atoms with Crippen molar-refractivity contribution in [3.05, 3.63) is 22.2 Å². The molecule has 2 aliphatic heterocycles. The lowest BCUT2D eigenvalue weighted by Gasteiger charge is -2.35. The number of carbonyl (C=O) groups excluding carboxylic acids is 2. The summed E-state index contributed by atoms with van der Waals surface area (Å²) in [5.41, 5.74) is 0.816. The van der Waals surface area contributed by atoms with Gasteiger partial charge in [-0.05, 0) is 35.0 Å². The molecule has 2 atom stereocenters. The number of halogens is 1. The van der Waals surface area contributed by atoms with Crippen LogP contribution in [0.4, 0.5) is 5.69 Å². The summed E-state index contributed by atoms with van der Waals surface area (Å²) in [6.07, 6.45) is -1.43. The minimum atomic E-state index is -1.10. The normalized spacial score (nSPS) is 23.1. The molecule has 0 saturated carbocycles. The molecule has 3 rings (SSSR count). The zero-order valence-electron chi connectivity index (χ0n) is 12.7. The third kappa shape index (κ3) is 3.22. The Bertz CT molecular complexity index is 722. The highest BCUT2D eigenvalue weighted by Crippen LogP contribution is 2.34. The molecule has 2 amide bonds. The summed E-state index contributed by atoms with van der Waals surface area (Å²) in [7, 11) is 0. The van der Waals surface area contributed by atoms with Gasteiger partial charge in [0.2, 0.25) is 0 Å². The van der Waals surface area contributed by atoms with Crippen molar-refractivity contribution in [3.63, 3.8) is 0 Å². The van der Waals surface area contributed by atoms with Crippen LogP contribution in [-0.2, 0) is 14.3 Å². The van der Waals surface area contributed by atoms with Crippen molar-refractivity contribution in [1.29, 1.82) is 0 Å². The van der Waals surface area contributed by atoms with E-state index in [4.69, 9.17) is 14.6 Å². The van der Waals surface area contributed by atoms with E-state index in [2.05, 4.69) is 21.2 Å². The molecule has 0 aromatic heterocycles. The van der Waals surface area contributed by atoms with Crippen molar-refractivity contribution in [3.8, 4) is 5.75 Å². The highest BCUT2D eigenvalue weighted by Gasteiger charge is 2.34. The van der Waals surface area contributed by atoms with E-state index >= 15 is 0 Å². The second kappa shape index (κ2) is 6.40. The van der Waals surface area contributed by atoms with E-state index in [1.807, 2.05) is 0 Å². The Morgan fingerprint density at radius 1 is 1.38 bits per heavy atom. The van der Waals surface area contributed by atoms with Crippen molar-refractivity contribution >= 4 is 39.4 Å². The van der Waals surface area contributed by atoms with Gasteiger partial charge in [0.1, 0.15) is 5.75 Å². The zero-order chi connectivity index (χ0) is 17.4. The molecule has 24 heavy (non-hydrogen) atoms. The molecule has 1 saturated heterocycles. The number of anilines is 1. The lowest BCUT2D eigenvalue weighted by atomic mass is 10.1. The number of rotatable bonds is 2. The molecule has 0 bridgehead atoms. The molecule has 1 unspecified atom stereocenters. The zero-order valence-corrected chi connectivity index (χ0v) is 14.3. The second-order valence-corrected chi connectivity index (χ2v) is 6.50. The number of amides is 2. The van der Waals surface area contributed by atoms with Crippen LogP contribution in [0, 0.1) is 0 Å². The number of carboxylic acid groups (broad SMARTS) is 1. The van der Waals surface area contributed by atoms with Gasteiger partial charge in [-0.15, -0.1) is 0 Å². The maximum atomic E-state index is 12.8. The molecular weight excluding hydrogens is 384 g/mol. The topological polar surface area (TPSA) is 105 Å². The van der Waals surface area contributed by atoms with Gasteiger partial charge in [0, 0.05) is 11.0 Å². The SMILES string of the molecule is C[C@@H]1CN(C(=O)c2cc3c(cc2Br)NC(=O)CO3)CC(C(=O)O)O1. The Morgan fingerprint density at radius 2 is 2.12 bits per heavy atom. The van der Waals surface area contributed by atoms with Crippen molar-refractivity contribution in [2.45, 2.75) is 19.1 Å². The molecule has 2 heterocycles. The van der Waals surface area contributed by atoms with Gasteiger partial charge in [-0.1, -0.05) is 0 Å². The van der Waals surface area contributed by atoms with Crippen molar-refractivity contribution in [2.24, 2.45) is 0 Å². The Kier molecular flexibility index (Phi) is 4.46. The van der Waals surface area contributed by atoms with Crippen LogP contribution in [-0.4, -0.2) is 59.7 Å². The molecule has 1 aromatic carbocycles. The summed E-state index contributed by atoms with van der Waals surface area (Å²) in [4.78, 5) is 36.7. The van der Waals surface area contributed by atoms with E-state index in [0.717, 1.165) is 0 Å². The summed E-state index contributed by atoms with van der Waals surface area (Å²) in [5.74, 6) is -1.29. The van der Waals surface area contributed by atoms with Crippen LogP contribution in [0.15, 0.2) is 16.6 Å². The van der Waals surface area contributed by atoms with Crippen molar-refractivity contribution in [1.82, 2.24) is 4.90 Å². The van der Waals surface area contributed by atoms with Gasteiger partial charge in [0.25, 0.3) is 11.8 Å². The molecule has 0 spiro atoms. The first kappa shape index (κ1) is 16.7. The summed E-state index contributed by atoms with van der Waals surface area (Å²) in [5, 5.41) is 11.8. The average Bonchev–Trinajstić information content (AvgIpc) is 2.52. The van der Waals surface area contributed by atoms with Crippen molar-refractivity contribution in [2.75, 3.05) is 25.0 Å². The predicted molar refractivity (Wildman–Crippen MR) is 86.1 cm³/mol. The summed E-state index contributed by atoms with van der Waals surface area (Å²) >= 11 is 3.32. The van der Waals surface area contributed by atoms with Crippen LogP contribution < -0.4 is 10.1 Å². The first-order chi connectivity index (χ1) is 11.3. The number of hydrogen-bond donors (Lipinski definition) is 2. The minimum absolute atomic E-state index is 0.0282. The van der Waals surface area contributed by atoms with Crippen LogP contribution in [0.2, 0.25) is 0 Å². The molecule has 9 heteroatoms. The Labute approximate surface area is 145 Å². The number of ether oxygens (including phenoxy) is 2. The maximum Gasteiger partial charge on any atom is 0.334 e. The average molecular weight is 399 g/mol. The van der Waals surface area contributed by atoms with Crippen molar-refractivity contribution < 1.29 is 29.0 Å². The number of carbonyl (C=O) groups is 3. The second-order valence-electron chi connectivity index (χ2n) is 5.65. The number of carboxylic acids is 1. The van der Waals surface area contributed by atoms with Gasteiger partial charge in [-0.2, -0.15) is 0 Å². The maximum absolute atomic E-state index is 12.8. The van der Waals surface area contributed by atoms with Crippen LogP contribution >= 0.6 is 15.9 Å². The largest absolute Gasteiger partial charge is 0.482 e. The molecule has 2 N–H and O–H groups in total. The van der Waals surface area contributed by atoms with Gasteiger partial charge in [0.05, 0.1) is 23.9 Å². The van der Waals surface area contributed by atoms with Gasteiger partial charge in [-0.25, -0.2) is 4.79 Å². The van der Waals surface area contributed by atoms with E-state index < -0.39 is 12.1 Å². The quantitative estimate of drug-likeness (QED) is 0.772. The smallest absolute Gasteiger partial charge is 0.334 e. The molecule has 0 radical (unpaired) electrons. The van der Waals surface area contributed by atoms with Crippen LogP contribution in [0.25, 0.3) is 0 Å². The van der Waals surface area contributed by atoms with Gasteiger partial charge >= 0.3 is 5.97 Å². The highest BCUT2D eigenvalue weighted by atomic mass is 79.9. The van der Waals surface area contributed by atoms with Crippen LogP contribution in [0.1, 0.15) is 17.3 Å². The standard InChI is InChI=1S/C15H15BrN2O6/c1-7-4-18(5-12(24-7)15(21)22)14(20)8-2-11-10(3-9(8)16)17-13(19)6-23-11/h2-3,7,12H,4-6H2,1H3,(H,17,19)(H,21,22)/t7-,12?/m1/s1. The molecule has 8 nitrogen and oxygen atoms in total. The van der Waals surface area contributed by atoms with E-state index in [-0.39, 0.29) is 31.1 Å². The van der Waals surface area contributed by atoms with Gasteiger partial charge in [0.15, 0.2) is 12.7 Å². The number of aliphatic carboxylic acids is 1. The molecule has 2 aliphatic rings. The number of morpholine rings is 1. The van der Waals surface area contributed by atoms with Crippen LogP contribution in [0.3, 0.4) is 0 Å². The molecule has 128 valence electrons. The molecular formula is C15H15BrN2O6. The van der Waals surface area contributed by atoms with E-state index in [1.165, 1.54) is 11.0 Å². The monoisotopic (exact) mass is 398 g/mol. The van der Waals surface area contributed by atoms with E-state index in [1.54, 1.807) is 13.0 Å². The van der Waals surface area contributed by atoms with Gasteiger partial charge in [-0.3, -0.25) is 9.59 Å². The van der Waals surface area contributed by atoms with E-state index in [9.17, 15) is 14.4 Å². The molecule has 0 aliphatic carbocycles. The summed E-state index contributed by atoms with van der Waals surface area (Å²) < 4.78 is 11.1. The fourth-order valence-electron chi connectivity index (χ4n) is 2.69.